The van der Waals surface area contributed by atoms with Crippen molar-refractivity contribution in [3.05, 3.63) is 12.5 Å². The quantitative estimate of drug-likeness (QED) is 0.516. The number of ether oxygens (including phenoxy) is 1. The first kappa shape index (κ1) is 6.96. The zero-order valence-corrected chi connectivity index (χ0v) is 6.11. The Labute approximate surface area is 68.2 Å². The second kappa shape index (κ2) is 2.40. The molecule has 4 amide bonds. The van der Waals surface area contributed by atoms with Gasteiger partial charge in [0.05, 0.1) is 6.26 Å². The van der Waals surface area contributed by atoms with Crippen molar-refractivity contribution in [2.75, 3.05) is 6.61 Å². The van der Waals surface area contributed by atoms with E-state index in [4.69, 9.17) is 4.74 Å². The fourth-order valence-corrected chi connectivity index (χ4v) is 1.11. The van der Waals surface area contributed by atoms with Crippen LogP contribution in [-0.4, -0.2) is 29.7 Å². The highest BCUT2D eigenvalue weighted by atomic mass is 16.5. The van der Waals surface area contributed by atoms with Gasteiger partial charge in [-0.15, -0.1) is 0 Å². The maximum absolute atomic E-state index is 11.1. The molecule has 2 aliphatic heterocycles. The van der Waals surface area contributed by atoms with Gasteiger partial charge in [0.25, 0.3) is 0 Å². The van der Waals surface area contributed by atoms with E-state index in [1.54, 1.807) is 0 Å². The molecule has 0 radical (unpaired) electrons. The van der Waals surface area contributed by atoms with Gasteiger partial charge < -0.3 is 10.1 Å². The van der Waals surface area contributed by atoms with Gasteiger partial charge in [-0.25, -0.2) is 9.59 Å². The summed E-state index contributed by atoms with van der Waals surface area (Å²) in [4.78, 5) is 23.2. The molecule has 6 heteroatoms. The molecule has 1 fully saturated rings. The molecule has 1 atom stereocenters. The van der Waals surface area contributed by atoms with E-state index in [1.807, 2.05) is 0 Å². The van der Waals surface area contributed by atoms with Crippen LogP contribution >= 0.6 is 0 Å². The summed E-state index contributed by atoms with van der Waals surface area (Å²) in [5.41, 5.74) is 0. The zero-order chi connectivity index (χ0) is 8.55. The lowest BCUT2D eigenvalue weighted by atomic mass is 10.4. The van der Waals surface area contributed by atoms with E-state index in [9.17, 15) is 9.59 Å². The van der Waals surface area contributed by atoms with Gasteiger partial charge in [0.1, 0.15) is 12.8 Å². The molecule has 0 bridgehead atoms. The van der Waals surface area contributed by atoms with Crippen molar-refractivity contribution in [3.8, 4) is 0 Å². The van der Waals surface area contributed by atoms with E-state index < -0.39 is 12.1 Å². The SMILES string of the molecule is O=C1NC(=O)N2C=COCC2N1. The summed E-state index contributed by atoms with van der Waals surface area (Å²) in [5.74, 6) is 0. The number of rotatable bonds is 0. The molecular weight excluding hydrogens is 162 g/mol. The first-order chi connectivity index (χ1) is 5.77. The van der Waals surface area contributed by atoms with Gasteiger partial charge in [-0.05, 0) is 0 Å². The molecule has 2 N–H and O–H groups in total. The maximum atomic E-state index is 11.1. The lowest BCUT2D eigenvalue weighted by Crippen LogP contribution is -2.63. The van der Waals surface area contributed by atoms with Crippen molar-refractivity contribution in [1.82, 2.24) is 15.5 Å². The highest BCUT2D eigenvalue weighted by Crippen LogP contribution is 2.08. The number of urea groups is 2. The number of hydrogen-bond acceptors (Lipinski definition) is 3. The van der Waals surface area contributed by atoms with Crippen molar-refractivity contribution in [2.45, 2.75) is 6.17 Å². The Kier molecular flexibility index (Phi) is 1.39. The number of fused-ring (bicyclic) bond motifs is 1. The van der Waals surface area contributed by atoms with Crippen LogP contribution in [0.4, 0.5) is 9.59 Å². The molecule has 0 saturated carbocycles. The Morgan fingerprint density at radius 3 is 3.25 bits per heavy atom. The number of carbonyl (C=O) groups is 2. The van der Waals surface area contributed by atoms with Crippen molar-refractivity contribution in [1.29, 1.82) is 0 Å². The van der Waals surface area contributed by atoms with Crippen LogP contribution in [-0.2, 0) is 4.74 Å². The topological polar surface area (TPSA) is 70.7 Å². The van der Waals surface area contributed by atoms with Crippen LogP contribution in [0.3, 0.4) is 0 Å². The number of nitrogens with zero attached hydrogens (tertiary/aromatic N) is 1. The second-order valence-electron chi connectivity index (χ2n) is 2.45. The number of carbonyl (C=O) groups excluding carboxylic acids is 2. The minimum Gasteiger partial charge on any atom is -0.496 e. The van der Waals surface area contributed by atoms with Gasteiger partial charge in [-0.2, -0.15) is 0 Å². The fraction of sp³-hybridized carbons (Fsp3) is 0.333. The summed E-state index contributed by atoms with van der Waals surface area (Å²) in [6.07, 6.45) is 2.51. The summed E-state index contributed by atoms with van der Waals surface area (Å²) in [7, 11) is 0. The van der Waals surface area contributed by atoms with E-state index in [1.165, 1.54) is 17.4 Å². The minimum atomic E-state index is -0.486. The van der Waals surface area contributed by atoms with Gasteiger partial charge in [-0.1, -0.05) is 0 Å². The predicted molar refractivity (Wildman–Crippen MR) is 37.8 cm³/mol. The third-order valence-electron chi connectivity index (χ3n) is 1.66. The Morgan fingerprint density at radius 1 is 1.58 bits per heavy atom. The molecule has 0 aliphatic carbocycles. The molecule has 12 heavy (non-hydrogen) atoms. The lowest BCUT2D eigenvalue weighted by Gasteiger charge is -2.34. The number of imide groups is 1. The summed E-state index contributed by atoms with van der Waals surface area (Å²) in [6.45, 7) is 0.287. The molecule has 6 nitrogen and oxygen atoms in total. The number of amides is 4. The Hall–Kier alpha value is -1.72. The Bertz CT molecular complexity index is 263. The maximum Gasteiger partial charge on any atom is 0.331 e. The number of hydrogen-bond donors (Lipinski definition) is 2. The van der Waals surface area contributed by atoms with E-state index in [-0.39, 0.29) is 12.8 Å². The Balaban J connectivity index is 2.20. The summed E-state index contributed by atoms with van der Waals surface area (Å²) < 4.78 is 4.92. The molecule has 2 aliphatic rings. The van der Waals surface area contributed by atoms with Crippen molar-refractivity contribution < 1.29 is 14.3 Å². The minimum absolute atomic E-state index is 0.287. The van der Waals surface area contributed by atoms with Crippen LogP contribution in [0.15, 0.2) is 12.5 Å². The first-order valence-electron chi connectivity index (χ1n) is 3.45. The van der Waals surface area contributed by atoms with Crippen molar-refractivity contribution >= 4 is 12.1 Å². The van der Waals surface area contributed by atoms with Gasteiger partial charge in [0.2, 0.25) is 0 Å². The molecule has 2 heterocycles. The molecular formula is C6H7N3O3. The first-order valence-corrected chi connectivity index (χ1v) is 3.45. The third-order valence-corrected chi connectivity index (χ3v) is 1.66. The lowest BCUT2D eigenvalue weighted by molar-refractivity contribution is 0.0985. The smallest absolute Gasteiger partial charge is 0.331 e. The number of nitrogens with one attached hydrogen (secondary N) is 2. The fourth-order valence-electron chi connectivity index (χ4n) is 1.11. The van der Waals surface area contributed by atoms with E-state index in [0.29, 0.717) is 0 Å². The van der Waals surface area contributed by atoms with E-state index in [0.717, 1.165) is 0 Å². The summed E-state index contributed by atoms with van der Waals surface area (Å²) >= 11 is 0. The standard InChI is InChI=1S/C6H7N3O3/c10-5-7-4-3-12-2-1-9(4)6(11)8-5/h1-2,4H,3H2,(H2,7,8,10,11). The molecule has 0 aromatic heterocycles. The monoisotopic (exact) mass is 169 g/mol. The van der Waals surface area contributed by atoms with Gasteiger partial charge in [0, 0.05) is 6.20 Å². The van der Waals surface area contributed by atoms with Crippen LogP contribution in [0.2, 0.25) is 0 Å². The van der Waals surface area contributed by atoms with Crippen LogP contribution in [0.1, 0.15) is 0 Å². The summed E-state index contributed by atoms with van der Waals surface area (Å²) in [5, 5.41) is 4.64. The summed E-state index contributed by atoms with van der Waals surface area (Å²) in [6, 6.07) is -0.913. The molecule has 0 spiro atoms. The van der Waals surface area contributed by atoms with Crippen LogP contribution in [0.5, 0.6) is 0 Å². The van der Waals surface area contributed by atoms with Crippen LogP contribution in [0.25, 0.3) is 0 Å². The average molecular weight is 169 g/mol. The third kappa shape index (κ3) is 0.969. The second-order valence-corrected chi connectivity index (χ2v) is 2.45. The van der Waals surface area contributed by atoms with Gasteiger partial charge >= 0.3 is 12.1 Å². The van der Waals surface area contributed by atoms with Crippen LogP contribution in [0, 0.1) is 0 Å². The molecule has 64 valence electrons. The van der Waals surface area contributed by atoms with Crippen molar-refractivity contribution in [2.24, 2.45) is 0 Å². The molecule has 1 unspecified atom stereocenters. The van der Waals surface area contributed by atoms with E-state index >= 15 is 0 Å². The van der Waals surface area contributed by atoms with Gasteiger partial charge in [-0.3, -0.25) is 10.2 Å². The molecule has 1 saturated heterocycles. The van der Waals surface area contributed by atoms with Gasteiger partial charge in [0.15, 0.2) is 0 Å². The van der Waals surface area contributed by atoms with Crippen LogP contribution < -0.4 is 10.6 Å². The Morgan fingerprint density at radius 2 is 2.42 bits per heavy atom. The zero-order valence-electron chi connectivity index (χ0n) is 6.11. The molecule has 0 aromatic carbocycles. The van der Waals surface area contributed by atoms with E-state index in [2.05, 4.69) is 10.6 Å². The largest absolute Gasteiger partial charge is 0.496 e. The predicted octanol–water partition coefficient (Wildman–Crippen LogP) is -0.451. The highest BCUT2D eigenvalue weighted by Gasteiger charge is 2.32. The molecule has 2 rings (SSSR count). The molecule has 0 aromatic rings. The average Bonchev–Trinajstić information content (AvgIpc) is 2.04. The van der Waals surface area contributed by atoms with Crippen molar-refractivity contribution in [3.63, 3.8) is 0 Å². The highest BCUT2D eigenvalue weighted by molar-refractivity contribution is 5.96. The normalized spacial score (nSPS) is 27.0.